The Morgan fingerprint density at radius 2 is 2.10 bits per heavy atom. The average Bonchev–Trinajstić information content (AvgIpc) is 2.38. The fourth-order valence-electron chi connectivity index (χ4n) is 1.63. The lowest BCUT2D eigenvalue weighted by molar-refractivity contribution is -0.387. The van der Waals surface area contributed by atoms with Crippen LogP contribution in [0.1, 0.15) is 6.92 Å². The Kier molecular flexibility index (Phi) is 6.06. The second kappa shape index (κ2) is 7.11. The number of rotatable bonds is 7. The van der Waals surface area contributed by atoms with E-state index >= 15 is 0 Å². The molecule has 1 aromatic rings. The maximum atomic E-state index is 12.5. The Morgan fingerprint density at radius 3 is 2.60 bits per heavy atom. The predicted octanol–water partition coefficient (Wildman–Crippen LogP) is 2.01. The van der Waals surface area contributed by atoms with Crippen LogP contribution in [0.4, 0.5) is 5.69 Å². The summed E-state index contributed by atoms with van der Waals surface area (Å²) in [5.74, 6) is 0. The lowest BCUT2D eigenvalue weighted by atomic mass is 10.3. The molecule has 0 aliphatic heterocycles. The molecule has 0 aliphatic rings. The molecule has 0 fully saturated rings. The minimum absolute atomic E-state index is 0.138. The van der Waals surface area contributed by atoms with Gasteiger partial charge in [-0.25, -0.2) is 8.42 Å². The van der Waals surface area contributed by atoms with E-state index < -0.39 is 20.6 Å². The van der Waals surface area contributed by atoms with Gasteiger partial charge in [-0.15, -0.1) is 0 Å². The standard InChI is InChI=1S/C11H15BrN2O5S/c1-3-13(6-7-19-2)20(17,18)11-8-9(12)4-5-10(11)14(15)16/h4-5,8H,3,6-7H2,1-2H3. The number of hydrogen-bond donors (Lipinski definition) is 0. The molecule has 7 nitrogen and oxygen atoms in total. The van der Waals surface area contributed by atoms with Crippen LogP contribution < -0.4 is 0 Å². The van der Waals surface area contributed by atoms with Gasteiger partial charge in [0.1, 0.15) is 0 Å². The molecule has 0 heterocycles. The molecule has 0 amide bonds. The van der Waals surface area contributed by atoms with Gasteiger partial charge < -0.3 is 4.74 Å². The molecule has 0 saturated carbocycles. The van der Waals surface area contributed by atoms with Gasteiger partial charge in [-0.05, 0) is 12.1 Å². The Morgan fingerprint density at radius 1 is 1.45 bits per heavy atom. The number of sulfonamides is 1. The Balaban J connectivity index is 3.32. The first kappa shape index (κ1) is 17.0. The highest BCUT2D eigenvalue weighted by Crippen LogP contribution is 2.29. The third-order valence-corrected chi connectivity index (χ3v) is 5.13. The summed E-state index contributed by atoms with van der Waals surface area (Å²) in [6, 6.07) is 3.84. The average molecular weight is 367 g/mol. The lowest BCUT2D eigenvalue weighted by Crippen LogP contribution is -2.34. The van der Waals surface area contributed by atoms with Crippen LogP contribution in [0.2, 0.25) is 0 Å². The minimum atomic E-state index is -3.94. The highest BCUT2D eigenvalue weighted by Gasteiger charge is 2.30. The van der Waals surface area contributed by atoms with Crippen molar-refractivity contribution in [3.63, 3.8) is 0 Å². The van der Waals surface area contributed by atoms with E-state index in [0.717, 1.165) is 4.31 Å². The molecule has 0 aliphatic carbocycles. The third kappa shape index (κ3) is 3.75. The molecular weight excluding hydrogens is 352 g/mol. The van der Waals surface area contributed by atoms with Crippen molar-refractivity contribution in [1.82, 2.24) is 4.31 Å². The summed E-state index contributed by atoms with van der Waals surface area (Å²) in [7, 11) is -2.48. The first-order valence-electron chi connectivity index (χ1n) is 5.77. The van der Waals surface area contributed by atoms with Crippen molar-refractivity contribution in [2.24, 2.45) is 0 Å². The summed E-state index contributed by atoms with van der Waals surface area (Å²) < 4.78 is 31.4. The van der Waals surface area contributed by atoms with Gasteiger partial charge in [-0.1, -0.05) is 22.9 Å². The second-order valence-electron chi connectivity index (χ2n) is 3.86. The summed E-state index contributed by atoms with van der Waals surface area (Å²) in [5, 5.41) is 11.0. The molecule has 0 atom stereocenters. The van der Waals surface area contributed by atoms with Crippen molar-refractivity contribution >= 4 is 31.6 Å². The van der Waals surface area contributed by atoms with Crippen molar-refractivity contribution in [2.45, 2.75) is 11.8 Å². The molecule has 112 valence electrons. The SMILES string of the molecule is CCN(CCOC)S(=O)(=O)c1cc(Br)ccc1[N+](=O)[O-]. The predicted molar refractivity (Wildman–Crippen MR) is 77.1 cm³/mol. The molecule has 0 unspecified atom stereocenters. The molecule has 0 saturated heterocycles. The summed E-state index contributed by atoms with van der Waals surface area (Å²) in [4.78, 5) is 9.96. The van der Waals surface area contributed by atoms with Crippen molar-refractivity contribution < 1.29 is 18.1 Å². The topological polar surface area (TPSA) is 89.8 Å². The fourth-order valence-corrected chi connectivity index (χ4v) is 3.75. The van der Waals surface area contributed by atoms with Crippen LogP contribution in [0, 0.1) is 10.1 Å². The van der Waals surface area contributed by atoms with Gasteiger partial charge in [0.2, 0.25) is 10.0 Å². The molecule has 9 heteroatoms. The molecule has 20 heavy (non-hydrogen) atoms. The number of nitro benzene ring substituents is 1. The molecule has 0 aromatic heterocycles. The number of hydrogen-bond acceptors (Lipinski definition) is 5. The minimum Gasteiger partial charge on any atom is -0.383 e. The molecular formula is C11H15BrN2O5S. The summed E-state index contributed by atoms with van der Waals surface area (Å²) >= 11 is 3.13. The zero-order valence-electron chi connectivity index (χ0n) is 11.1. The summed E-state index contributed by atoms with van der Waals surface area (Å²) in [6.45, 7) is 2.22. The monoisotopic (exact) mass is 366 g/mol. The van der Waals surface area contributed by atoms with E-state index in [2.05, 4.69) is 15.9 Å². The van der Waals surface area contributed by atoms with Gasteiger partial charge in [0, 0.05) is 30.7 Å². The van der Waals surface area contributed by atoms with Crippen LogP contribution >= 0.6 is 15.9 Å². The highest BCUT2D eigenvalue weighted by atomic mass is 79.9. The number of benzene rings is 1. The Hall–Kier alpha value is -1.03. The fraction of sp³-hybridized carbons (Fsp3) is 0.455. The maximum absolute atomic E-state index is 12.5. The van der Waals surface area contributed by atoms with E-state index in [4.69, 9.17) is 4.74 Å². The first-order valence-corrected chi connectivity index (χ1v) is 8.01. The van der Waals surface area contributed by atoms with Crippen LogP contribution in [0.15, 0.2) is 27.6 Å². The van der Waals surface area contributed by atoms with Gasteiger partial charge in [-0.3, -0.25) is 10.1 Å². The first-order chi connectivity index (χ1) is 9.34. The Labute approximate surface area is 125 Å². The smallest absolute Gasteiger partial charge is 0.289 e. The van der Waals surface area contributed by atoms with E-state index in [9.17, 15) is 18.5 Å². The molecule has 0 radical (unpaired) electrons. The van der Waals surface area contributed by atoms with Crippen molar-refractivity contribution in [3.8, 4) is 0 Å². The third-order valence-electron chi connectivity index (χ3n) is 2.63. The van der Waals surface area contributed by atoms with Gasteiger partial charge in [0.05, 0.1) is 11.5 Å². The molecule has 0 spiro atoms. The van der Waals surface area contributed by atoms with E-state index in [1.165, 1.54) is 25.3 Å². The van der Waals surface area contributed by atoms with E-state index in [0.29, 0.717) is 4.47 Å². The number of nitro groups is 1. The van der Waals surface area contributed by atoms with E-state index in [1.807, 2.05) is 0 Å². The van der Waals surface area contributed by atoms with Gasteiger partial charge in [0.25, 0.3) is 5.69 Å². The van der Waals surface area contributed by atoms with Gasteiger partial charge in [0.15, 0.2) is 4.90 Å². The zero-order chi connectivity index (χ0) is 15.3. The van der Waals surface area contributed by atoms with E-state index in [-0.39, 0.29) is 24.6 Å². The largest absolute Gasteiger partial charge is 0.383 e. The molecule has 1 rings (SSSR count). The molecule has 0 N–H and O–H groups in total. The lowest BCUT2D eigenvalue weighted by Gasteiger charge is -2.20. The van der Waals surface area contributed by atoms with E-state index in [1.54, 1.807) is 6.92 Å². The normalized spacial score (nSPS) is 11.8. The molecule has 1 aromatic carbocycles. The number of likely N-dealkylation sites (N-methyl/N-ethyl adjacent to an activating group) is 1. The van der Waals surface area contributed by atoms with Gasteiger partial charge >= 0.3 is 0 Å². The summed E-state index contributed by atoms with van der Waals surface area (Å²) in [5.41, 5.74) is -0.441. The molecule has 0 bridgehead atoms. The van der Waals surface area contributed by atoms with Crippen LogP contribution in [-0.2, 0) is 14.8 Å². The number of nitrogens with zero attached hydrogens (tertiary/aromatic N) is 2. The number of halogens is 1. The van der Waals surface area contributed by atoms with Crippen LogP contribution in [0.25, 0.3) is 0 Å². The maximum Gasteiger partial charge on any atom is 0.289 e. The van der Waals surface area contributed by atoms with Crippen LogP contribution in [0.5, 0.6) is 0 Å². The van der Waals surface area contributed by atoms with Crippen molar-refractivity contribution in [1.29, 1.82) is 0 Å². The van der Waals surface area contributed by atoms with Gasteiger partial charge in [-0.2, -0.15) is 4.31 Å². The Bertz CT molecular complexity index is 590. The highest BCUT2D eigenvalue weighted by molar-refractivity contribution is 9.10. The second-order valence-corrected chi connectivity index (χ2v) is 6.68. The quantitative estimate of drug-likeness (QED) is 0.543. The van der Waals surface area contributed by atoms with Crippen LogP contribution in [-0.4, -0.2) is 44.5 Å². The number of methoxy groups -OCH3 is 1. The van der Waals surface area contributed by atoms with Crippen LogP contribution in [0.3, 0.4) is 0 Å². The zero-order valence-corrected chi connectivity index (χ0v) is 13.5. The summed E-state index contributed by atoms with van der Waals surface area (Å²) in [6.07, 6.45) is 0. The number of ether oxygens (including phenoxy) is 1. The van der Waals surface area contributed by atoms with Crippen molar-refractivity contribution in [3.05, 3.63) is 32.8 Å². The van der Waals surface area contributed by atoms with Crippen molar-refractivity contribution in [2.75, 3.05) is 26.8 Å².